The van der Waals surface area contributed by atoms with Crippen molar-refractivity contribution in [3.63, 3.8) is 0 Å². The van der Waals surface area contributed by atoms with E-state index < -0.39 is 0 Å². The number of hydrogen-bond acceptors (Lipinski definition) is 3. The first-order valence-corrected chi connectivity index (χ1v) is 10.1. The van der Waals surface area contributed by atoms with Crippen LogP contribution in [0.4, 0.5) is 0 Å². The van der Waals surface area contributed by atoms with Crippen LogP contribution >= 0.6 is 11.6 Å². The number of piperidine rings is 3. The minimum absolute atomic E-state index is 0.0162. The van der Waals surface area contributed by atoms with Crippen molar-refractivity contribution in [1.29, 1.82) is 0 Å². The van der Waals surface area contributed by atoms with Crippen LogP contribution in [-0.4, -0.2) is 42.6 Å². The minimum Gasteiger partial charge on any atom is -0.489 e. The molecule has 0 spiro atoms. The highest BCUT2D eigenvalue weighted by atomic mass is 35.5. The monoisotopic (exact) mass is 360 g/mol. The lowest BCUT2D eigenvalue weighted by atomic mass is 9.79. The van der Waals surface area contributed by atoms with Crippen molar-refractivity contribution in [2.24, 2.45) is 5.92 Å². The van der Waals surface area contributed by atoms with Crippen LogP contribution in [0.25, 0.3) is 0 Å². The molecule has 4 bridgehead atoms. The number of fused-ring (bicyclic) bond motifs is 7. The smallest absolute Gasteiger partial charge is 0.255 e. The van der Waals surface area contributed by atoms with Crippen LogP contribution in [0.15, 0.2) is 12.1 Å². The number of nitrogens with one attached hydrogen (secondary N) is 1. The van der Waals surface area contributed by atoms with Crippen LogP contribution in [0.3, 0.4) is 0 Å². The predicted octanol–water partition coefficient (Wildman–Crippen LogP) is 3.58. The van der Waals surface area contributed by atoms with Crippen LogP contribution in [0.1, 0.15) is 60.4 Å². The van der Waals surface area contributed by atoms with E-state index in [-0.39, 0.29) is 18.1 Å². The van der Waals surface area contributed by atoms with E-state index in [9.17, 15) is 4.79 Å². The zero-order chi connectivity index (χ0) is 17.0. The third-order valence-electron chi connectivity index (χ3n) is 6.65. The first-order chi connectivity index (χ1) is 12.2. The maximum absolute atomic E-state index is 13.1. The molecule has 1 aliphatic carbocycles. The van der Waals surface area contributed by atoms with Gasteiger partial charge in [0.1, 0.15) is 5.75 Å². The first-order valence-electron chi connectivity index (χ1n) is 9.70. The van der Waals surface area contributed by atoms with E-state index in [1.54, 1.807) is 6.07 Å². The van der Waals surface area contributed by atoms with E-state index in [0.29, 0.717) is 22.4 Å². The number of rotatable bonds is 2. The van der Waals surface area contributed by atoms with E-state index in [2.05, 4.69) is 10.2 Å². The Labute approximate surface area is 153 Å². The maximum atomic E-state index is 13.1. The number of nitrogens with zero attached hydrogens (tertiary/aromatic N) is 1. The highest BCUT2D eigenvalue weighted by Crippen LogP contribution is 2.46. The summed E-state index contributed by atoms with van der Waals surface area (Å²) in [5, 5.41) is 3.93. The summed E-state index contributed by atoms with van der Waals surface area (Å²) < 4.78 is 6.23. The van der Waals surface area contributed by atoms with Crippen LogP contribution < -0.4 is 10.1 Å². The Morgan fingerprint density at radius 2 is 2.04 bits per heavy atom. The molecule has 5 heteroatoms. The minimum atomic E-state index is -0.0162. The zero-order valence-electron chi connectivity index (χ0n) is 14.5. The van der Waals surface area contributed by atoms with E-state index in [1.807, 2.05) is 6.07 Å². The molecule has 0 aromatic heterocycles. The van der Waals surface area contributed by atoms with Crippen LogP contribution in [0.2, 0.25) is 5.02 Å². The van der Waals surface area contributed by atoms with Gasteiger partial charge in [0.2, 0.25) is 0 Å². The molecule has 1 aromatic rings. The molecule has 4 heterocycles. The van der Waals surface area contributed by atoms with Gasteiger partial charge in [-0.1, -0.05) is 11.6 Å². The number of halogens is 1. The Morgan fingerprint density at radius 3 is 2.80 bits per heavy atom. The van der Waals surface area contributed by atoms with Gasteiger partial charge in [0, 0.05) is 17.6 Å². The number of ether oxygens (including phenoxy) is 1. The Balaban J connectivity index is 1.43. The topological polar surface area (TPSA) is 41.6 Å². The predicted molar refractivity (Wildman–Crippen MR) is 97.5 cm³/mol. The van der Waals surface area contributed by atoms with Crippen molar-refractivity contribution >= 4 is 17.5 Å². The quantitative estimate of drug-likeness (QED) is 0.876. The molecule has 5 aliphatic rings. The van der Waals surface area contributed by atoms with E-state index in [1.165, 1.54) is 38.8 Å². The second-order valence-electron chi connectivity index (χ2n) is 8.19. The second-order valence-corrected chi connectivity index (χ2v) is 8.63. The molecule has 4 aliphatic heterocycles. The average Bonchev–Trinajstić information content (AvgIpc) is 2.63. The third kappa shape index (κ3) is 2.83. The highest BCUT2D eigenvalue weighted by Gasteiger charge is 2.37. The van der Waals surface area contributed by atoms with Gasteiger partial charge in [0.05, 0.1) is 11.7 Å². The largest absolute Gasteiger partial charge is 0.489 e. The van der Waals surface area contributed by atoms with Gasteiger partial charge in [-0.3, -0.25) is 4.79 Å². The summed E-state index contributed by atoms with van der Waals surface area (Å²) in [7, 11) is 0. The summed E-state index contributed by atoms with van der Waals surface area (Å²) >= 11 is 6.36. The zero-order valence-corrected chi connectivity index (χ0v) is 15.2. The lowest BCUT2D eigenvalue weighted by molar-refractivity contribution is 0.0612. The Kier molecular flexibility index (Phi) is 3.94. The molecule has 4 nitrogen and oxygen atoms in total. The van der Waals surface area contributed by atoms with Crippen LogP contribution in [0, 0.1) is 5.92 Å². The van der Waals surface area contributed by atoms with Gasteiger partial charge in [0.25, 0.3) is 5.91 Å². The van der Waals surface area contributed by atoms with E-state index in [0.717, 1.165) is 30.7 Å². The van der Waals surface area contributed by atoms with Crippen molar-refractivity contribution in [2.45, 2.75) is 56.6 Å². The molecule has 1 N–H and O–H groups in total. The molecular weight excluding hydrogens is 336 g/mol. The molecule has 0 radical (unpaired) electrons. The summed E-state index contributed by atoms with van der Waals surface area (Å²) in [6.07, 6.45) is 7.18. The molecule has 6 rings (SSSR count). The van der Waals surface area contributed by atoms with Gasteiger partial charge in [-0.05, 0) is 81.1 Å². The first kappa shape index (κ1) is 16.0. The van der Waals surface area contributed by atoms with E-state index >= 15 is 0 Å². The number of carbonyl (C=O) groups is 1. The molecule has 134 valence electrons. The van der Waals surface area contributed by atoms with Gasteiger partial charge < -0.3 is 15.0 Å². The van der Waals surface area contributed by atoms with Crippen molar-refractivity contribution in [3.8, 4) is 5.75 Å². The molecule has 1 aromatic carbocycles. The van der Waals surface area contributed by atoms with Gasteiger partial charge in [-0.2, -0.15) is 0 Å². The number of benzene rings is 1. The fraction of sp³-hybridized carbons (Fsp3) is 0.650. The molecule has 0 unspecified atom stereocenters. The Morgan fingerprint density at radius 1 is 1.20 bits per heavy atom. The van der Waals surface area contributed by atoms with Crippen molar-refractivity contribution in [1.82, 2.24) is 10.2 Å². The van der Waals surface area contributed by atoms with Crippen molar-refractivity contribution in [2.75, 3.05) is 19.6 Å². The normalized spacial score (nSPS) is 35.6. The SMILES string of the molecule is O=C(N[C@H]1CN2CCC1CC2)c1cc(Cl)cc2c1O[C@H]1CCC[C@H]2C1. The molecule has 25 heavy (non-hydrogen) atoms. The summed E-state index contributed by atoms with van der Waals surface area (Å²) in [6, 6.07) is 4.06. The molecular formula is C20H25ClN2O2. The molecule has 1 saturated carbocycles. The number of carbonyl (C=O) groups excluding carboxylic acids is 1. The summed E-state index contributed by atoms with van der Waals surface area (Å²) in [6.45, 7) is 3.33. The fourth-order valence-electron chi connectivity index (χ4n) is 5.29. The summed E-state index contributed by atoms with van der Waals surface area (Å²) in [4.78, 5) is 15.5. The highest BCUT2D eigenvalue weighted by molar-refractivity contribution is 6.31. The maximum Gasteiger partial charge on any atom is 0.255 e. The molecule has 3 atom stereocenters. The van der Waals surface area contributed by atoms with Gasteiger partial charge in [-0.15, -0.1) is 0 Å². The van der Waals surface area contributed by atoms with Gasteiger partial charge >= 0.3 is 0 Å². The number of hydrogen-bond donors (Lipinski definition) is 1. The fourth-order valence-corrected chi connectivity index (χ4v) is 5.52. The van der Waals surface area contributed by atoms with Crippen molar-refractivity contribution in [3.05, 3.63) is 28.3 Å². The second kappa shape index (κ2) is 6.17. The molecule has 3 saturated heterocycles. The Hall–Kier alpha value is -1.26. The molecule has 4 fully saturated rings. The van der Waals surface area contributed by atoms with Gasteiger partial charge in [-0.25, -0.2) is 0 Å². The van der Waals surface area contributed by atoms with Crippen molar-refractivity contribution < 1.29 is 9.53 Å². The third-order valence-corrected chi connectivity index (χ3v) is 6.87. The summed E-state index contributed by atoms with van der Waals surface area (Å²) in [5.74, 6) is 1.88. The van der Waals surface area contributed by atoms with Crippen LogP contribution in [0.5, 0.6) is 5.75 Å². The average molecular weight is 361 g/mol. The molecule has 1 amide bonds. The van der Waals surface area contributed by atoms with Gasteiger partial charge in [0.15, 0.2) is 0 Å². The van der Waals surface area contributed by atoms with Crippen LogP contribution in [-0.2, 0) is 0 Å². The number of amides is 1. The Bertz CT molecular complexity index is 699. The standard InChI is InChI=1S/C20H25ClN2O2/c21-14-9-16-13-2-1-3-15(8-13)25-19(16)17(10-14)20(24)22-18-11-23-6-4-12(18)5-7-23/h9-10,12-13,15,18H,1-8,11H2,(H,22,24)/t13-,15-,18-/m0/s1. The lowest BCUT2D eigenvalue weighted by Crippen LogP contribution is -2.57. The van der Waals surface area contributed by atoms with E-state index in [4.69, 9.17) is 16.3 Å². The lowest BCUT2D eigenvalue weighted by Gasteiger charge is -2.45. The summed E-state index contributed by atoms with van der Waals surface area (Å²) in [5.41, 5.74) is 1.78.